The number of sulfonamides is 1. The number of rotatable bonds is 8. The van der Waals surface area contributed by atoms with Crippen LogP contribution in [0.3, 0.4) is 0 Å². The number of benzene rings is 2. The fourth-order valence-corrected chi connectivity index (χ4v) is 5.27. The Bertz CT molecular complexity index is 1290. The van der Waals surface area contributed by atoms with Crippen LogP contribution in [0.4, 0.5) is 0 Å². The normalized spacial score (nSPS) is 14.8. The van der Waals surface area contributed by atoms with Crippen molar-refractivity contribution in [2.45, 2.75) is 31.4 Å². The van der Waals surface area contributed by atoms with Gasteiger partial charge in [-0.05, 0) is 36.8 Å². The minimum atomic E-state index is -3.61. The summed E-state index contributed by atoms with van der Waals surface area (Å²) in [5, 5.41) is 9.08. The molecule has 0 N–H and O–H groups in total. The number of ether oxygens (including phenoxy) is 3. The Morgan fingerprint density at radius 3 is 2.64 bits per heavy atom. The third-order valence-electron chi connectivity index (χ3n) is 5.50. The van der Waals surface area contributed by atoms with Crippen molar-refractivity contribution in [3.63, 3.8) is 0 Å². The highest BCUT2D eigenvalue weighted by Crippen LogP contribution is 2.29. The van der Waals surface area contributed by atoms with Gasteiger partial charge in [0.05, 0.1) is 47.9 Å². The van der Waals surface area contributed by atoms with Crippen molar-refractivity contribution in [2.75, 3.05) is 33.4 Å². The first-order chi connectivity index (χ1) is 16.0. The zero-order chi connectivity index (χ0) is 23.4. The van der Waals surface area contributed by atoms with Gasteiger partial charge in [-0.2, -0.15) is 9.57 Å². The molecule has 1 aliphatic rings. The third kappa shape index (κ3) is 4.66. The van der Waals surface area contributed by atoms with E-state index in [2.05, 4.69) is 13.0 Å². The monoisotopic (exact) mass is 470 g/mol. The molecule has 0 radical (unpaired) electrons. The summed E-state index contributed by atoms with van der Waals surface area (Å²) in [5.74, 6) is 1.65. The summed E-state index contributed by atoms with van der Waals surface area (Å²) in [5.41, 5.74) is 1.93. The molecule has 2 aromatic carbocycles. The number of fused-ring (bicyclic) bond motifs is 1. The molecule has 1 aromatic heterocycles. The van der Waals surface area contributed by atoms with Crippen LogP contribution in [0.15, 0.2) is 41.3 Å². The standard InChI is InChI=1S/C23H26N4O5S/c1-3-8-27-20-6-5-18(33(28,29)26-9-11-31-12-10-26)14-19(20)25-23(27)16-32-21-7-4-17(15-24)13-22(21)30-2/h4-7,13-14H,3,8-12,16H2,1-2H3. The molecule has 0 unspecified atom stereocenters. The Morgan fingerprint density at radius 1 is 1.15 bits per heavy atom. The van der Waals surface area contributed by atoms with E-state index in [1.807, 2.05) is 4.57 Å². The van der Waals surface area contributed by atoms with Gasteiger partial charge in [-0.1, -0.05) is 6.92 Å². The minimum Gasteiger partial charge on any atom is -0.493 e. The summed E-state index contributed by atoms with van der Waals surface area (Å²) in [7, 11) is -2.09. The van der Waals surface area contributed by atoms with Crippen molar-refractivity contribution >= 4 is 21.1 Å². The van der Waals surface area contributed by atoms with E-state index >= 15 is 0 Å². The second kappa shape index (κ2) is 9.79. The van der Waals surface area contributed by atoms with E-state index in [0.29, 0.717) is 54.7 Å². The highest BCUT2D eigenvalue weighted by molar-refractivity contribution is 7.89. The van der Waals surface area contributed by atoms with Crippen molar-refractivity contribution < 1.29 is 22.6 Å². The van der Waals surface area contributed by atoms with Crippen LogP contribution in [0.1, 0.15) is 24.7 Å². The van der Waals surface area contributed by atoms with Gasteiger partial charge >= 0.3 is 0 Å². The van der Waals surface area contributed by atoms with Crippen molar-refractivity contribution in [3.05, 3.63) is 47.8 Å². The molecule has 9 nitrogen and oxygen atoms in total. The van der Waals surface area contributed by atoms with Crippen LogP contribution >= 0.6 is 0 Å². The van der Waals surface area contributed by atoms with Crippen molar-refractivity contribution in [1.82, 2.24) is 13.9 Å². The summed E-state index contributed by atoms with van der Waals surface area (Å²) >= 11 is 0. The second-order valence-electron chi connectivity index (χ2n) is 7.61. The number of hydrogen-bond acceptors (Lipinski definition) is 7. The fourth-order valence-electron chi connectivity index (χ4n) is 3.84. The second-order valence-corrected chi connectivity index (χ2v) is 9.55. The fraction of sp³-hybridized carbons (Fsp3) is 0.391. The largest absolute Gasteiger partial charge is 0.493 e. The molecule has 2 heterocycles. The molecule has 1 aliphatic heterocycles. The lowest BCUT2D eigenvalue weighted by atomic mass is 10.2. The maximum Gasteiger partial charge on any atom is 0.243 e. The zero-order valence-corrected chi connectivity index (χ0v) is 19.5. The smallest absolute Gasteiger partial charge is 0.243 e. The summed E-state index contributed by atoms with van der Waals surface area (Å²) in [6.07, 6.45) is 0.881. The number of aromatic nitrogens is 2. The summed E-state index contributed by atoms with van der Waals surface area (Å²) < 4.78 is 46.2. The van der Waals surface area contributed by atoms with Crippen LogP contribution in [0.5, 0.6) is 11.5 Å². The Labute approximate surface area is 193 Å². The average Bonchev–Trinajstić information content (AvgIpc) is 3.20. The molecule has 33 heavy (non-hydrogen) atoms. The van der Waals surface area contributed by atoms with E-state index in [1.54, 1.807) is 36.4 Å². The van der Waals surface area contributed by atoms with E-state index in [4.69, 9.17) is 24.5 Å². The van der Waals surface area contributed by atoms with E-state index < -0.39 is 10.0 Å². The van der Waals surface area contributed by atoms with Gasteiger partial charge in [0.25, 0.3) is 0 Å². The Kier molecular flexibility index (Phi) is 6.83. The number of imidazole rings is 1. The van der Waals surface area contributed by atoms with E-state index in [0.717, 1.165) is 18.5 Å². The van der Waals surface area contributed by atoms with Crippen LogP contribution in [0.25, 0.3) is 11.0 Å². The van der Waals surface area contributed by atoms with Gasteiger partial charge in [0.1, 0.15) is 12.4 Å². The number of aryl methyl sites for hydroxylation is 1. The van der Waals surface area contributed by atoms with E-state index in [1.165, 1.54) is 11.4 Å². The van der Waals surface area contributed by atoms with Gasteiger partial charge in [-0.3, -0.25) is 0 Å². The molecule has 10 heteroatoms. The molecule has 4 rings (SSSR count). The molecular weight excluding hydrogens is 444 g/mol. The number of nitriles is 1. The lowest BCUT2D eigenvalue weighted by Crippen LogP contribution is -2.40. The summed E-state index contributed by atoms with van der Waals surface area (Å²) in [6.45, 7) is 4.43. The summed E-state index contributed by atoms with van der Waals surface area (Å²) in [6, 6.07) is 12.1. The number of methoxy groups -OCH3 is 1. The molecule has 1 fully saturated rings. The first-order valence-corrected chi connectivity index (χ1v) is 12.2. The molecule has 174 valence electrons. The molecular formula is C23H26N4O5S. The Balaban J connectivity index is 1.65. The lowest BCUT2D eigenvalue weighted by Gasteiger charge is -2.26. The number of hydrogen-bond donors (Lipinski definition) is 0. The maximum atomic E-state index is 13.1. The van der Waals surface area contributed by atoms with E-state index in [-0.39, 0.29) is 11.5 Å². The molecule has 0 saturated carbocycles. The van der Waals surface area contributed by atoms with Crippen LogP contribution in [-0.4, -0.2) is 55.7 Å². The quantitative estimate of drug-likeness (QED) is 0.498. The van der Waals surface area contributed by atoms with Gasteiger partial charge in [0, 0.05) is 25.7 Å². The van der Waals surface area contributed by atoms with Crippen LogP contribution in [-0.2, 0) is 27.9 Å². The van der Waals surface area contributed by atoms with Crippen LogP contribution < -0.4 is 9.47 Å². The van der Waals surface area contributed by atoms with Gasteiger partial charge in [0.2, 0.25) is 10.0 Å². The van der Waals surface area contributed by atoms with Crippen molar-refractivity contribution in [3.8, 4) is 17.6 Å². The van der Waals surface area contributed by atoms with Crippen molar-refractivity contribution in [1.29, 1.82) is 5.26 Å². The average molecular weight is 471 g/mol. The Morgan fingerprint density at radius 2 is 1.94 bits per heavy atom. The first-order valence-electron chi connectivity index (χ1n) is 10.8. The predicted molar refractivity (Wildman–Crippen MR) is 122 cm³/mol. The van der Waals surface area contributed by atoms with Crippen LogP contribution in [0, 0.1) is 11.3 Å². The third-order valence-corrected chi connectivity index (χ3v) is 7.40. The molecule has 0 atom stereocenters. The zero-order valence-electron chi connectivity index (χ0n) is 18.7. The topological polar surface area (TPSA) is 107 Å². The predicted octanol–water partition coefficient (Wildman–Crippen LogP) is 2.93. The Hall–Kier alpha value is -3.13. The highest BCUT2D eigenvalue weighted by atomic mass is 32.2. The molecule has 0 amide bonds. The molecule has 0 aliphatic carbocycles. The van der Waals surface area contributed by atoms with Crippen LogP contribution in [0.2, 0.25) is 0 Å². The highest BCUT2D eigenvalue weighted by Gasteiger charge is 2.27. The molecule has 3 aromatic rings. The minimum absolute atomic E-state index is 0.169. The van der Waals surface area contributed by atoms with Gasteiger partial charge in [-0.25, -0.2) is 13.4 Å². The molecule has 0 bridgehead atoms. The van der Waals surface area contributed by atoms with Gasteiger partial charge < -0.3 is 18.8 Å². The number of morpholine rings is 1. The lowest BCUT2D eigenvalue weighted by molar-refractivity contribution is 0.0730. The number of nitrogens with zero attached hydrogens (tertiary/aromatic N) is 4. The molecule has 1 saturated heterocycles. The SMILES string of the molecule is CCCn1c(COc2ccc(C#N)cc2OC)nc2cc(S(=O)(=O)N3CCOCC3)ccc21. The molecule has 0 spiro atoms. The van der Waals surface area contributed by atoms with Crippen molar-refractivity contribution in [2.24, 2.45) is 0 Å². The first kappa shape index (κ1) is 23.0. The van der Waals surface area contributed by atoms with Gasteiger partial charge in [-0.15, -0.1) is 0 Å². The maximum absolute atomic E-state index is 13.1. The van der Waals surface area contributed by atoms with E-state index in [9.17, 15) is 8.42 Å². The summed E-state index contributed by atoms with van der Waals surface area (Å²) in [4.78, 5) is 4.91. The van der Waals surface area contributed by atoms with Gasteiger partial charge in [0.15, 0.2) is 11.5 Å².